The van der Waals surface area contributed by atoms with Crippen LogP contribution < -0.4 is 0 Å². The van der Waals surface area contributed by atoms with E-state index >= 15 is 0 Å². The molecule has 2 heterocycles. The van der Waals surface area contributed by atoms with Gasteiger partial charge in [-0.15, -0.1) is 0 Å². The van der Waals surface area contributed by atoms with Gasteiger partial charge in [0, 0.05) is 32.8 Å². The first-order valence-corrected chi connectivity index (χ1v) is 10.6. The van der Waals surface area contributed by atoms with E-state index in [1.165, 1.54) is 11.1 Å². The quantitative estimate of drug-likeness (QED) is 0.646. The van der Waals surface area contributed by atoms with Gasteiger partial charge < -0.3 is 14.4 Å². The molecule has 1 amide bonds. The number of ether oxygens (including phenoxy) is 2. The van der Waals surface area contributed by atoms with E-state index in [0.29, 0.717) is 26.2 Å². The maximum absolute atomic E-state index is 12.7. The zero-order valence-electron chi connectivity index (χ0n) is 16.9. The highest BCUT2D eigenvalue weighted by Gasteiger charge is 2.40. The number of fused-ring (bicyclic) bond motifs is 1. The van der Waals surface area contributed by atoms with Crippen LogP contribution in [0.1, 0.15) is 24.0 Å². The third-order valence-corrected chi connectivity index (χ3v) is 5.75. The minimum absolute atomic E-state index is 0.107. The van der Waals surface area contributed by atoms with Gasteiger partial charge in [-0.05, 0) is 17.5 Å². The average molecular weight is 395 g/mol. The second-order valence-corrected chi connectivity index (χ2v) is 7.89. The molecule has 5 nitrogen and oxygen atoms in total. The Labute approximate surface area is 173 Å². The fraction of sp³-hybridized carbons (Fsp3) is 0.458. The van der Waals surface area contributed by atoms with Crippen LogP contribution in [-0.4, -0.2) is 60.7 Å². The molecule has 0 aromatic heterocycles. The zero-order chi connectivity index (χ0) is 19.9. The van der Waals surface area contributed by atoms with Crippen molar-refractivity contribution in [2.24, 2.45) is 0 Å². The van der Waals surface area contributed by atoms with Crippen LogP contribution in [0, 0.1) is 0 Å². The van der Waals surface area contributed by atoms with Gasteiger partial charge in [-0.2, -0.15) is 0 Å². The number of carbonyl (C=O) groups excluding carboxylic acids is 1. The second kappa shape index (κ2) is 10.0. The number of likely N-dealkylation sites (tertiary alicyclic amines) is 1. The summed E-state index contributed by atoms with van der Waals surface area (Å²) in [6, 6.07) is 20.7. The molecule has 29 heavy (non-hydrogen) atoms. The van der Waals surface area contributed by atoms with Crippen molar-refractivity contribution in [3.05, 3.63) is 71.8 Å². The second-order valence-electron chi connectivity index (χ2n) is 7.89. The summed E-state index contributed by atoms with van der Waals surface area (Å²) in [5.41, 5.74) is 2.38. The standard InChI is InChI=1S/C24H30N2O3/c27-24-12-15-29-23-18-25(13-7-14-28-19-21-10-5-2-6-11-21)17-22(23)26(24)16-20-8-3-1-4-9-20/h1-6,8-11,22-23H,7,12-19H2/t22-,23-/m0/s1. The van der Waals surface area contributed by atoms with Crippen LogP contribution in [0.3, 0.4) is 0 Å². The predicted molar refractivity (Wildman–Crippen MR) is 112 cm³/mol. The lowest BCUT2D eigenvalue weighted by Gasteiger charge is -2.30. The van der Waals surface area contributed by atoms with Crippen molar-refractivity contribution in [1.82, 2.24) is 9.80 Å². The van der Waals surface area contributed by atoms with Gasteiger partial charge in [-0.25, -0.2) is 0 Å². The van der Waals surface area contributed by atoms with E-state index in [0.717, 1.165) is 32.7 Å². The molecule has 0 unspecified atom stereocenters. The molecule has 2 atom stereocenters. The Morgan fingerprint density at radius 2 is 1.69 bits per heavy atom. The fourth-order valence-corrected chi connectivity index (χ4v) is 4.24. The lowest BCUT2D eigenvalue weighted by Crippen LogP contribution is -2.45. The molecule has 4 rings (SSSR count). The van der Waals surface area contributed by atoms with E-state index in [1.54, 1.807) is 0 Å². The predicted octanol–water partition coefficient (Wildman–Crippen LogP) is 3.10. The Kier molecular flexibility index (Phi) is 6.93. The number of rotatable bonds is 8. The van der Waals surface area contributed by atoms with Crippen LogP contribution in [0.5, 0.6) is 0 Å². The van der Waals surface area contributed by atoms with Crippen LogP contribution in [0.2, 0.25) is 0 Å². The van der Waals surface area contributed by atoms with E-state index in [2.05, 4.69) is 29.2 Å². The summed E-state index contributed by atoms with van der Waals surface area (Å²) in [6.45, 7) is 5.34. The number of carbonyl (C=O) groups is 1. The first kappa shape index (κ1) is 20.1. The van der Waals surface area contributed by atoms with Crippen LogP contribution in [0.15, 0.2) is 60.7 Å². The normalized spacial score (nSPS) is 22.5. The van der Waals surface area contributed by atoms with Gasteiger partial charge in [-0.1, -0.05) is 60.7 Å². The van der Waals surface area contributed by atoms with Crippen molar-refractivity contribution in [1.29, 1.82) is 0 Å². The Morgan fingerprint density at radius 1 is 0.966 bits per heavy atom. The van der Waals surface area contributed by atoms with E-state index < -0.39 is 0 Å². The van der Waals surface area contributed by atoms with Gasteiger partial charge in [0.1, 0.15) is 0 Å². The number of benzene rings is 2. The first-order valence-electron chi connectivity index (χ1n) is 10.6. The third kappa shape index (κ3) is 5.44. The molecule has 0 spiro atoms. The Morgan fingerprint density at radius 3 is 2.45 bits per heavy atom. The van der Waals surface area contributed by atoms with Gasteiger partial charge >= 0.3 is 0 Å². The Balaban J connectivity index is 1.27. The van der Waals surface area contributed by atoms with Crippen molar-refractivity contribution in [3.63, 3.8) is 0 Å². The largest absolute Gasteiger partial charge is 0.377 e. The van der Waals surface area contributed by atoms with Gasteiger partial charge in [0.05, 0.1) is 31.8 Å². The Hall–Kier alpha value is -2.21. The monoisotopic (exact) mass is 394 g/mol. The molecule has 0 radical (unpaired) electrons. The summed E-state index contributed by atoms with van der Waals surface area (Å²) < 4.78 is 11.9. The number of hydrogen-bond acceptors (Lipinski definition) is 4. The lowest BCUT2D eigenvalue weighted by atomic mass is 10.1. The highest BCUT2D eigenvalue weighted by atomic mass is 16.5. The topological polar surface area (TPSA) is 42.0 Å². The SMILES string of the molecule is O=C1CCO[C@H]2CN(CCCOCc3ccccc3)C[C@@H]2N1Cc1ccccc1. The minimum Gasteiger partial charge on any atom is -0.377 e. The van der Waals surface area contributed by atoms with E-state index in [9.17, 15) is 4.79 Å². The summed E-state index contributed by atoms with van der Waals surface area (Å²) in [5, 5.41) is 0. The molecular formula is C24H30N2O3. The molecular weight excluding hydrogens is 364 g/mol. The first-order chi connectivity index (χ1) is 14.3. The molecule has 2 aromatic rings. The van der Waals surface area contributed by atoms with Gasteiger partial charge in [0.2, 0.25) is 5.91 Å². The van der Waals surface area contributed by atoms with Crippen molar-refractivity contribution in [2.75, 3.05) is 32.8 Å². The van der Waals surface area contributed by atoms with E-state index in [-0.39, 0.29) is 18.1 Å². The molecule has 2 saturated heterocycles. The third-order valence-electron chi connectivity index (χ3n) is 5.75. The lowest BCUT2D eigenvalue weighted by molar-refractivity contribution is -0.133. The summed E-state index contributed by atoms with van der Waals surface area (Å²) in [7, 11) is 0. The highest BCUT2D eigenvalue weighted by Crippen LogP contribution is 2.25. The average Bonchev–Trinajstić information content (AvgIpc) is 3.09. The van der Waals surface area contributed by atoms with Crippen molar-refractivity contribution >= 4 is 5.91 Å². The molecule has 2 aliphatic heterocycles. The van der Waals surface area contributed by atoms with E-state index in [4.69, 9.17) is 9.47 Å². The van der Waals surface area contributed by atoms with Crippen molar-refractivity contribution in [2.45, 2.75) is 38.1 Å². The molecule has 0 aliphatic carbocycles. The minimum atomic E-state index is 0.107. The van der Waals surface area contributed by atoms with E-state index in [1.807, 2.05) is 41.3 Å². The van der Waals surface area contributed by atoms with Gasteiger partial charge in [0.25, 0.3) is 0 Å². The molecule has 2 aromatic carbocycles. The smallest absolute Gasteiger partial charge is 0.225 e. The summed E-state index contributed by atoms with van der Waals surface area (Å²) >= 11 is 0. The molecule has 0 N–H and O–H groups in total. The summed E-state index contributed by atoms with van der Waals surface area (Å²) in [6.07, 6.45) is 1.57. The van der Waals surface area contributed by atoms with Gasteiger partial charge in [-0.3, -0.25) is 9.69 Å². The Bertz CT molecular complexity index is 768. The number of nitrogens with zero attached hydrogens (tertiary/aromatic N) is 2. The molecule has 0 saturated carbocycles. The summed E-state index contributed by atoms with van der Waals surface area (Å²) in [5.74, 6) is 0.203. The maximum atomic E-state index is 12.7. The molecule has 2 aliphatic rings. The number of amides is 1. The molecule has 154 valence electrons. The maximum Gasteiger partial charge on any atom is 0.225 e. The summed E-state index contributed by atoms with van der Waals surface area (Å²) in [4.78, 5) is 17.2. The number of hydrogen-bond donors (Lipinski definition) is 0. The van der Waals surface area contributed by atoms with Crippen molar-refractivity contribution < 1.29 is 14.3 Å². The zero-order valence-corrected chi connectivity index (χ0v) is 16.9. The molecule has 5 heteroatoms. The van der Waals surface area contributed by atoms with Crippen molar-refractivity contribution in [3.8, 4) is 0 Å². The van der Waals surface area contributed by atoms with Crippen LogP contribution in [0.25, 0.3) is 0 Å². The van der Waals surface area contributed by atoms with Crippen LogP contribution in [-0.2, 0) is 27.4 Å². The fourth-order valence-electron chi connectivity index (χ4n) is 4.24. The van der Waals surface area contributed by atoms with Crippen LogP contribution in [0.4, 0.5) is 0 Å². The molecule has 0 bridgehead atoms. The van der Waals surface area contributed by atoms with Crippen LogP contribution >= 0.6 is 0 Å². The highest BCUT2D eigenvalue weighted by molar-refractivity contribution is 5.77. The molecule has 2 fully saturated rings. The van der Waals surface area contributed by atoms with Gasteiger partial charge in [0.15, 0.2) is 0 Å².